The minimum atomic E-state index is 0. The van der Waals surface area contributed by atoms with E-state index in [1.54, 1.807) is 0 Å². The molecule has 0 amide bonds. The predicted octanol–water partition coefficient (Wildman–Crippen LogP) is 4.99. The van der Waals surface area contributed by atoms with Gasteiger partial charge in [0.15, 0.2) is 0 Å². The van der Waals surface area contributed by atoms with Crippen molar-refractivity contribution < 1.29 is 45.4 Å². The second kappa shape index (κ2) is 49.6. The third kappa shape index (κ3) is 51.6. The van der Waals surface area contributed by atoms with Crippen LogP contribution in [-0.2, 0) is 0 Å². The van der Waals surface area contributed by atoms with E-state index in [-0.39, 0.29) is 34.0 Å². The van der Waals surface area contributed by atoms with Gasteiger partial charge < -0.3 is 45.4 Å². The largest absolute Gasteiger partial charge is 1.00 e. The van der Waals surface area contributed by atoms with E-state index in [0.717, 1.165) is 13.1 Å². The fraction of sp³-hybridized carbons (Fsp3) is 1.00. The minimum absolute atomic E-state index is 0. The summed E-state index contributed by atoms with van der Waals surface area (Å²) in [5.41, 5.74) is 7.78. The molecule has 0 aromatic carbocycles. The summed E-state index contributed by atoms with van der Waals surface area (Å²) in [5, 5.41) is 0. The monoisotopic (exact) mass is 698 g/mol. The summed E-state index contributed by atoms with van der Waals surface area (Å²) >= 11 is 0. The molecule has 0 saturated carbocycles. The first-order valence-corrected chi connectivity index (χ1v) is 18.4. The van der Waals surface area contributed by atoms with Crippen LogP contribution in [0.25, 0.3) is 0 Å². The lowest BCUT2D eigenvalue weighted by molar-refractivity contribution is -0.368. The molecule has 0 aliphatic heterocycles. The van der Waals surface area contributed by atoms with Crippen molar-refractivity contribution in [3.8, 4) is 0 Å². The Morgan fingerprint density at radius 1 is 0.225 bits per heavy atom. The average molecular weight is 701 g/mol. The SMILES string of the molecule is CCCCCCCCCCCCCCCCCC[NH3+].CCCCCCCCCCCCCCCCCC[NH3+].[Br-].[Br-]. The molecule has 0 unspecified atom stereocenters. The highest BCUT2D eigenvalue weighted by Crippen LogP contribution is 2.14. The number of quaternary nitrogens is 2. The zero-order valence-electron chi connectivity index (χ0n) is 28.2. The maximum Gasteiger partial charge on any atom is 0.0739 e. The van der Waals surface area contributed by atoms with Crippen LogP contribution in [0, 0.1) is 0 Å². The smallest absolute Gasteiger partial charge is 0.0739 e. The van der Waals surface area contributed by atoms with Gasteiger partial charge in [0.05, 0.1) is 13.1 Å². The Morgan fingerprint density at radius 2 is 0.350 bits per heavy atom. The van der Waals surface area contributed by atoms with Crippen molar-refractivity contribution in [2.75, 3.05) is 13.1 Å². The maximum atomic E-state index is 3.89. The molecule has 0 aliphatic carbocycles. The lowest BCUT2D eigenvalue weighted by Crippen LogP contribution is -3.00. The Kier molecular flexibility index (Phi) is 59.2. The molecule has 4 heteroatoms. The number of unbranched alkanes of at least 4 members (excludes halogenated alkanes) is 30. The Labute approximate surface area is 276 Å². The van der Waals surface area contributed by atoms with Crippen LogP contribution in [0.15, 0.2) is 0 Å². The van der Waals surface area contributed by atoms with E-state index in [2.05, 4.69) is 25.3 Å². The van der Waals surface area contributed by atoms with Crippen LogP contribution < -0.4 is 45.4 Å². The molecule has 0 aliphatic rings. The number of hydrogen-bond acceptors (Lipinski definition) is 0. The van der Waals surface area contributed by atoms with E-state index < -0.39 is 0 Å². The molecule has 6 N–H and O–H groups in total. The van der Waals surface area contributed by atoms with Crippen molar-refractivity contribution in [3.63, 3.8) is 0 Å². The highest BCUT2D eigenvalue weighted by molar-refractivity contribution is 4.51. The molecule has 0 aromatic rings. The Balaban J connectivity index is -0.000000309. The predicted molar refractivity (Wildman–Crippen MR) is 175 cm³/mol. The summed E-state index contributed by atoms with van der Waals surface area (Å²) in [5.74, 6) is 0. The molecule has 248 valence electrons. The van der Waals surface area contributed by atoms with Crippen molar-refractivity contribution in [2.24, 2.45) is 0 Å². The Morgan fingerprint density at radius 3 is 0.475 bits per heavy atom. The van der Waals surface area contributed by atoms with Gasteiger partial charge in [0, 0.05) is 0 Å². The van der Waals surface area contributed by atoms with Crippen LogP contribution in [0.5, 0.6) is 0 Å². The zero-order valence-corrected chi connectivity index (χ0v) is 31.4. The summed E-state index contributed by atoms with van der Waals surface area (Å²) in [6, 6.07) is 0. The van der Waals surface area contributed by atoms with Crippen molar-refractivity contribution in [2.45, 2.75) is 219 Å². The lowest BCUT2D eigenvalue weighted by Gasteiger charge is -2.03. The van der Waals surface area contributed by atoms with E-state index in [1.807, 2.05) is 0 Å². The molecule has 0 aromatic heterocycles. The molecule has 0 fully saturated rings. The molecule has 0 heterocycles. The Bertz CT molecular complexity index is 303. The summed E-state index contributed by atoms with van der Waals surface area (Å²) in [6.07, 6.45) is 46.4. The summed E-state index contributed by atoms with van der Waals surface area (Å²) in [4.78, 5) is 0. The van der Waals surface area contributed by atoms with Crippen molar-refractivity contribution in [1.82, 2.24) is 0 Å². The molecule has 2 nitrogen and oxygen atoms in total. The van der Waals surface area contributed by atoms with Gasteiger partial charge in [-0.05, 0) is 25.7 Å². The van der Waals surface area contributed by atoms with Crippen LogP contribution in [0.4, 0.5) is 0 Å². The first-order valence-electron chi connectivity index (χ1n) is 18.4. The molecule has 0 spiro atoms. The fourth-order valence-corrected chi connectivity index (χ4v) is 5.45. The van der Waals surface area contributed by atoms with Crippen LogP contribution in [0.2, 0.25) is 0 Å². The van der Waals surface area contributed by atoms with E-state index in [9.17, 15) is 0 Å². The molecule has 0 radical (unpaired) electrons. The summed E-state index contributed by atoms with van der Waals surface area (Å²) < 4.78 is 0. The number of hydrogen-bond donors (Lipinski definition) is 2. The van der Waals surface area contributed by atoms with Gasteiger partial charge in [-0.25, -0.2) is 0 Å². The fourth-order valence-electron chi connectivity index (χ4n) is 5.45. The standard InChI is InChI=1S/2C18H39N.2BrH/c2*1-2-3-4-5-6-7-8-9-10-11-12-13-14-15-16-17-18-19;;/h2*2-19H2,1H3;2*1H. The number of rotatable bonds is 32. The van der Waals surface area contributed by atoms with Gasteiger partial charge in [-0.2, -0.15) is 0 Å². The highest BCUT2D eigenvalue weighted by atomic mass is 79.9. The molecule has 0 atom stereocenters. The second-order valence-corrected chi connectivity index (χ2v) is 12.3. The molecule has 0 bridgehead atoms. The van der Waals surface area contributed by atoms with E-state index in [0.29, 0.717) is 0 Å². The first-order chi connectivity index (χ1) is 18.8. The zero-order chi connectivity index (χ0) is 28.0. The van der Waals surface area contributed by atoms with Crippen molar-refractivity contribution in [1.29, 1.82) is 0 Å². The van der Waals surface area contributed by atoms with Crippen LogP contribution in [0.3, 0.4) is 0 Å². The van der Waals surface area contributed by atoms with Crippen LogP contribution >= 0.6 is 0 Å². The van der Waals surface area contributed by atoms with Gasteiger partial charge in [0.25, 0.3) is 0 Å². The highest BCUT2D eigenvalue weighted by Gasteiger charge is 1.95. The lowest BCUT2D eigenvalue weighted by atomic mass is 10.0. The Hall–Kier alpha value is 0.880. The second-order valence-electron chi connectivity index (χ2n) is 12.3. The molecular weight excluding hydrogens is 620 g/mol. The van der Waals surface area contributed by atoms with Crippen LogP contribution in [-0.4, -0.2) is 13.1 Å². The third-order valence-electron chi connectivity index (χ3n) is 8.21. The summed E-state index contributed by atoms with van der Waals surface area (Å²) in [7, 11) is 0. The van der Waals surface area contributed by atoms with Gasteiger partial charge >= 0.3 is 0 Å². The summed E-state index contributed by atoms with van der Waals surface area (Å²) in [6.45, 7) is 6.83. The van der Waals surface area contributed by atoms with Gasteiger partial charge in [-0.1, -0.05) is 194 Å². The van der Waals surface area contributed by atoms with Gasteiger partial charge in [0.2, 0.25) is 0 Å². The van der Waals surface area contributed by atoms with E-state index >= 15 is 0 Å². The average Bonchev–Trinajstić information content (AvgIpc) is 2.93. The van der Waals surface area contributed by atoms with Gasteiger partial charge in [0.1, 0.15) is 0 Å². The van der Waals surface area contributed by atoms with Gasteiger partial charge in [-0.15, -0.1) is 0 Å². The maximum absolute atomic E-state index is 3.89. The van der Waals surface area contributed by atoms with E-state index in [1.165, 1.54) is 205 Å². The van der Waals surface area contributed by atoms with Crippen molar-refractivity contribution >= 4 is 0 Å². The first kappa shape index (κ1) is 47.8. The quantitative estimate of drug-likeness (QED) is 0.0931. The third-order valence-corrected chi connectivity index (χ3v) is 8.21. The topological polar surface area (TPSA) is 55.3 Å². The molecule has 0 rings (SSSR count). The van der Waals surface area contributed by atoms with Crippen LogP contribution in [0.1, 0.15) is 219 Å². The molecule has 0 saturated heterocycles. The number of halogens is 2. The molecule has 40 heavy (non-hydrogen) atoms. The van der Waals surface area contributed by atoms with Gasteiger partial charge in [-0.3, -0.25) is 0 Å². The van der Waals surface area contributed by atoms with E-state index in [4.69, 9.17) is 0 Å². The minimum Gasteiger partial charge on any atom is -1.00 e. The van der Waals surface area contributed by atoms with Crippen molar-refractivity contribution in [3.05, 3.63) is 0 Å². The normalized spacial score (nSPS) is 10.5. The molecular formula is C36H80Br2N2.